The maximum Gasteiger partial charge on any atom is 0.176 e. The van der Waals surface area contributed by atoms with Gasteiger partial charge in [0.1, 0.15) is 16.9 Å². The Bertz CT molecular complexity index is 984. The Morgan fingerprint density at radius 2 is 1.83 bits per heavy atom. The second-order valence-electron chi connectivity index (χ2n) is 4.64. The first kappa shape index (κ1) is 14.5. The average molecular weight is 316 g/mol. The second kappa shape index (κ2) is 5.73. The monoisotopic (exact) mass is 316 g/mol. The minimum absolute atomic E-state index is 0.0832. The first-order chi connectivity index (χ1) is 11.2. The van der Waals surface area contributed by atoms with Crippen molar-refractivity contribution in [2.75, 3.05) is 5.73 Å². The number of nitrogens with two attached hydrogens (primary N) is 1. The van der Waals surface area contributed by atoms with Crippen LogP contribution in [0, 0.1) is 34.0 Å². The third kappa shape index (κ3) is 2.44. The predicted molar refractivity (Wildman–Crippen MR) is 85.9 cm³/mol. The Morgan fingerprint density at radius 1 is 1.09 bits per heavy atom. The van der Waals surface area contributed by atoms with Gasteiger partial charge in [0.2, 0.25) is 0 Å². The van der Waals surface area contributed by atoms with Gasteiger partial charge in [-0.2, -0.15) is 15.8 Å². The highest BCUT2D eigenvalue weighted by atomic mass is 32.1. The number of hydrogen-bond donors (Lipinski definition) is 1. The minimum atomic E-state index is -1.13. The van der Waals surface area contributed by atoms with Gasteiger partial charge in [0.25, 0.3) is 0 Å². The SMILES string of the molecule is N#Cc1cc(-c2nc3ccccc3s2)c(N)nc1C(C#N)C#N. The molecule has 2 aromatic heterocycles. The maximum absolute atomic E-state index is 9.29. The molecule has 0 saturated heterocycles. The third-order valence-corrected chi connectivity index (χ3v) is 4.33. The molecule has 3 aromatic rings. The van der Waals surface area contributed by atoms with E-state index < -0.39 is 5.92 Å². The minimum Gasteiger partial charge on any atom is -0.383 e. The van der Waals surface area contributed by atoms with E-state index in [1.807, 2.05) is 42.5 Å². The van der Waals surface area contributed by atoms with Crippen LogP contribution in [0.4, 0.5) is 5.82 Å². The van der Waals surface area contributed by atoms with Crippen LogP contribution in [0.1, 0.15) is 17.2 Å². The van der Waals surface area contributed by atoms with Crippen molar-refractivity contribution in [3.63, 3.8) is 0 Å². The van der Waals surface area contributed by atoms with Gasteiger partial charge in [0.15, 0.2) is 5.92 Å². The highest BCUT2D eigenvalue weighted by Gasteiger charge is 2.20. The van der Waals surface area contributed by atoms with Crippen LogP contribution in [0.2, 0.25) is 0 Å². The summed E-state index contributed by atoms with van der Waals surface area (Å²) in [6, 6.07) is 14.8. The van der Waals surface area contributed by atoms with Crippen LogP contribution >= 0.6 is 11.3 Å². The molecule has 108 valence electrons. The average Bonchev–Trinajstić information content (AvgIpc) is 3.00. The topological polar surface area (TPSA) is 123 Å². The van der Waals surface area contributed by atoms with Crippen molar-refractivity contribution in [3.8, 4) is 28.8 Å². The summed E-state index contributed by atoms with van der Waals surface area (Å²) in [6.07, 6.45) is 0. The van der Waals surface area contributed by atoms with Crippen LogP contribution in [0.3, 0.4) is 0 Å². The Labute approximate surface area is 135 Å². The summed E-state index contributed by atoms with van der Waals surface area (Å²) < 4.78 is 0.997. The van der Waals surface area contributed by atoms with Crippen molar-refractivity contribution in [1.82, 2.24) is 9.97 Å². The maximum atomic E-state index is 9.29. The van der Waals surface area contributed by atoms with Crippen molar-refractivity contribution in [2.45, 2.75) is 5.92 Å². The lowest BCUT2D eigenvalue weighted by molar-refractivity contribution is 1.01. The van der Waals surface area contributed by atoms with Crippen molar-refractivity contribution >= 4 is 27.4 Å². The normalized spacial score (nSPS) is 10.2. The summed E-state index contributed by atoms with van der Waals surface area (Å²) in [5.41, 5.74) is 7.57. The molecular weight excluding hydrogens is 308 g/mol. The van der Waals surface area contributed by atoms with Crippen LogP contribution < -0.4 is 5.73 Å². The van der Waals surface area contributed by atoms with E-state index in [0.29, 0.717) is 10.6 Å². The second-order valence-corrected chi connectivity index (χ2v) is 5.67. The number of hydrogen-bond acceptors (Lipinski definition) is 7. The molecule has 7 heteroatoms. The number of anilines is 1. The first-order valence-electron chi connectivity index (χ1n) is 6.53. The zero-order valence-electron chi connectivity index (χ0n) is 11.7. The van der Waals surface area contributed by atoms with Crippen molar-refractivity contribution in [1.29, 1.82) is 15.8 Å². The van der Waals surface area contributed by atoms with E-state index in [1.165, 1.54) is 17.4 Å². The van der Waals surface area contributed by atoms with E-state index in [-0.39, 0.29) is 17.1 Å². The number of thiazole rings is 1. The Kier molecular flexibility index (Phi) is 3.60. The third-order valence-electron chi connectivity index (χ3n) is 3.26. The molecule has 0 atom stereocenters. The molecule has 2 N–H and O–H groups in total. The van der Waals surface area contributed by atoms with Crippen LogP contribution in [0.25, 0.3) is 20.8 Å². The summed E-state index contributed by atoms with van der Waals surface area (Å²) in [7, 11) is 0. The summed E-state index contributed by atoms with van der Waals surface area (Å²) in [5.74, 6) is -0.982. The van der Waals surface area contributed by atoms with Gasteiger partial charge in [0.05, 0.1) is 39.2 Å². The lowest BCUT2D eigenvalue weighted by Crippen LogP contribution is -2.05. The van der Waals surface area contributed by atoms with E-state index in [0.717, 1.165) is 10.2 Å². The highest BCUT2D eigenvalue weighted by molar-refractivity contribution is 7.21. The molecule has 0 unspecified atom stereocenters. The molecule has 0 amide bonds. The molecule has 0 aliphatic heterocycles. The molecule has 2 heterocycles. The van der Waals surface area contributed by atoms with E-state index in [2.05, 4.69) is 9.97 Å². The number of nitrogens with zero attached hydrogens (tertiary/aromatic N) is 5. The fourth-order valence-corrected chi connectivity index (χ4v) is 3.15. The number of benzene rings is 1. The fraction of sp³-hybridized carbons (Fsp3) is 0.0625. The molecule has 0 aliphatic carbocycles. The summed E-state index contributed by atoms with van der Waals surface area (Å²) >= 11 is 1.44. The molecule has 0 radical (unpaired) electrons. The van der Waals surface area contributed by atoms with Gasteiger partial charge in [-0.25, -0.2) is 9.97 Å². The summed E-state index contributed by atoms with van der Waals surface area (Å²) in [6.45, 7) is 0. The summed E-state index contributed by atoms with van der Waals surface area (Å²) in [5, 5.41) is 27.9. The van der Waals surface area contributed by atoms with Gasteiger partial charge >= 0.3 is 0 Å². The molecule has 0 saturated carbocycles. The predicted octanol–water partition coefficient (Wildman–Crippen LogP) is 2.94. The number of para-hydroxylation sites is 1. The zero-order valence-corrected chi connectivity index (χ0v) is 12.5. The van der Waals surface area contributed by atoms with E-state index in [1.54, 1.807) is 0 Å². The lowest BCUT2D eigenvalue weighted by Gasteiger charge is -2.07. The standard InChI is InChI=1S/C16H8N6S/c17-6-9-5-11(15(20)22-14(9)10(7-18)8-19)16-21-12-3-1-2-4-13(12)23-16/h1-5,10H,(H2,20,22). The number of nitrogen functional groups attached to an aromatic ring is 1. The molecule has 1 aromatic carbocycles. The number of rotatable bonds is 2. The molecule has 3 rings (SSSR count). The van der Waals surface area contributed by atoms with Gasteiger partial charge in [-0.15, -0.1) is 11.3 Å². The molecule has 0 aliphatic rings. The van der Waals surface area contributed by atoms with E-state index in [9.17, 15) is 5.26 Å². The molecule has 0 bridgehead atoms. The van der Waals surface area contributed by atoms with Gasteiger partial charge in [0, 0.05) is 0 Å². The number of fused-ring (bicyclic) bond motifs is 1. The van der Waals surface area contributed by atoms with Crippen LogP contribution in [-0.2, 0) is 0 Å². The molecular formula is C16H8N6S. The van der Waals surface area contributed by atoms with Crippen molar-refractivity contribution < 1.29 is 0 Å². The molecule has 0 spiro atoms. The van der Waals surface area contributed by atoms with Gasteiger partial charge < -0.3 is 5.73 Å². The van der Waals surface area contributed by atoms with Gasteiger partial charge in [-0.05, 0) is 18.2 Å². The van der Waals surface area contributed by atoms with Gasteiger partial charge in [-0.3, -0.25) is 0 Å². The molecule has 6 nitrogen and oxygen atoms in total. The van der Waals surface area contributed by atoms with E-state index >= 15 is 0 Å². The Hall–Kier alpha value is -3.47. The van der Waals surface area contributed by atoms with Crippen LogP contribution in [0.15, 0.2) is 30.3 Å². The quantitative estimate of drug-likeness (QED) is 0.775. The van der Waals surface area contributed by atoms with Crippen LogP contribution in [-0.4, -0.2) is 9.97 Å². The number of pyridine rings is 1. The van der Waals surface area contributed by atoms with Crippen molar-refractivity contribution in [3.05, 3.63) is 41.6 Å². The Balaban J connectivity index is 2.20. The van der Waals surface area contributed by atoms with E-state index in [4.69, 9.17) is 16.3 Å². The first-order valence-corrected chi connectivity index (χ1v) is 7.35. The highest BCUT2D eigenvalue weighted by Crippen LogP contribution is 2.34. The molecule has 23 heavy (non-hydrogen) atoms. The molecule has 0 fully saturated rings. The summed E-state index contributed by atoms with van der Waals surface area (Å²) in [4.78, 5) is 8.60. The van der Waals surface area contributed by atoms with Crippen LogP contribution in [0.5, 0.6) is 0 Å². The van der Waals surface area contributed by atoms with Crippen molar-refractivity contribution in [2.24, 2.45) is 0 Å². The fourth-order valence-electron chi connectivity index (χ4n) is 2.16. The smallest absolute Gasteiger partial charge is 0.176 e. The van der Waals surface area contributed by atoms with Gasteiger partial charge in [-0.1, -0.05) is 12.1 Å². The lowest BCUT2D eigenvalue weighted by atomic mass is 10.0. The zero-order chi connectivity index (χ0) is 16.4. The largest absolute Gasteiger partial charge is 0.383 e. The number of nitriles is 3. The number of aromatic nitrogens is 2. The Morgan fingerprint density at radius 3 is 2.48 bits per heavy atom.